The summed E-state index contributed by atoms with van der Waals surface area (Å²) in [5, 5.41) is 3.57. The molecule has 4 nitrogen and oxygen atoms in total. The van der Waals surface area contributed by atoms with Crippen LogP contribution in [0, 0.1) is 5.82 Å². The fourth-order valence-corrected chi connectivity index (χ4v) is 4.04. The van der Waals surface area contributed by atoms with Crippen molar-refractivity contribution >= 4 is 17.3 Å². The van der Waals surface area contributed by atoms with Gasteiger partial charge in [0.2, 0.25) is 5.91 Å². The molecular weight excluding hydrogens is 329 g/mol. The molecule has 0 bridgehead atoms. The highest BCUT2D eigenvalue weighted by molar-refractivity contribution is 5.99. The quantitative estimate of drug-likeness (QED) is 0.914. The van der Waals surface area contributed by atoms with Crippen LogP contribution in [0.1, 0.15) is 19.3 Å². The third kappa shape index (κ3) is 3.44. The second kappa shape index (κ2) is 7.46. The van der Waals surface area contributed by atoms with E-state index >= 15 is 0 Å². The number of halogens is 1. The van der Waals surface area contributed by atoms with Crippen molar-refractivity contribution in [2.24, 2.45) is 0 Å². The zero-order chi connectivity index (χ0) is 17.9. The van der Waals surface area contributed by atoms with Gasteiger partial charge in [0.15, 0.2) is 0 Å². The lowest BCUT2D eigenvalue weighted by molar-refractivity contribution is -0.122. The fourth-order valence-electron chi connectivity index (χ4n) is 4.04. The summed E-state index contributed by atoms with van der Waals surface area (Å²) in [6.45, 7) is 2.38. The van der Waals surface area contributed by atoms with Crippen LogP contribution >= 0.6 is 0 Å². The number of piperidine rings is 1. The minimum Gasteiger partial charge on any atom is -0.382 e. The van der Waals surface area contributed by atoms with Crippen molar-refractivity contribution in [2.45, 2.75) is 31.3 Å². The van der Waals surface area contributed by atoms with Gasteiger partial charge in [0, 0.05) is 31.4 Å². The van der Waals surface area contributed by atoms with Crippen LogP contribution in [-0.2, 0) is 4.79 Å². The summed E-state index contributed by atoms with van der Waals surface area (Å²) in [5.74, 6) is -0.295. The van der Waals surface area contributed by atoms with Crippen molar-refractivity contribution in [2.75, 3.05) is 29.9 Å². The van der Waals surface area contributed by atoms with E-state index < -0.39 is 0 Å². The van der Waals surface area contributed by atoms with Crippen LogP contribution in [0.3, 0.4) is 0 Å². The van der Waals surface area contributed by atoms with Crippen LogP contribution < -0.4 is 10.2 Å². The van der Waals surface area contributed by atoms with Gasteiger partial charge in [0.1, 0.15) is 5.82 Å². The number of hydrogen-bond acceptors (Lipinski definition) is 3. The average molecular weight is 353 g/mol. The van der Waals surface area contributed by atoms with E-state index in [1.807, 2.05) is 18.2 Å². The van der Waals surface area contributed by atoms with E-state index in [2.05, 4.69) is 22.3 Å². The summed E-state index contributed by atoms with van der Waals surface area (Å²) in [4.78, 5) is 16.7. The molecule has 2 fully saturated rings. The monoisotopic (exact) mass is 353 g/mol. The van der Waals surface area contributed by atoms with Gasteiger partial charge in [0.25, 0.3) is 0 Å². The SMILES string of the molecule is O=C1C(N2CCC(Nc3ccccc3)CC2)CCN1c1ccccc1F. The van der Waals surface area contributed by atoms with E-state index in [-0.39, 0.29) is 17.8 Å². The number of carbonyl (C=O) groups excluding carboxylic acids is 1. The molecule has 2 aromatic carbocycles. The summed E-state index contributed by atoms with van der Waals surface area (Å²) < 4.78 is 14.0. The normalized spacial score (nSPS) is 22.0. The number of para-hydroxylation sites is 2. The van der Waals surface area contributed by atoms with Crippen LogP contribution in [-0.4, -0.2) is 42.5 Å². The number of benzene rings is 2. The van der Waals surface area contributed by atoms with E-state index in [0.29, 0.717) is 18.3 Å². The van der Waals surface area contributed by atoms with Crippen molar-refractivity contribution in [3.8, 4) is 0 Å². The maximum Gasteiger partial charge on any atom is 0.244 e. The van der Waals surface area contributed by atoms with Gasteiger partial charge in [-0.15, -0.1) is 0 Å². The Morgan fingerprint density at radius 3 is 2.31 bits per heavy atom. The summed E-state index contributed by atoms with van der Waals surface area (Å²) in [7, 11) is 0. The predicted molar refractivity (Wildman–Crippen MR) is 102 cm³/mol. The Kier molecular flexibility index (Phi) is 4.89. The first-order chi connectivity index (χ1) is 12.7. The van der Waals surface area contributed by atoms with Gasteiger partial charge in [-0.2, -0.15) is 0 Å². The van der Waals surface area contributed by atoms with Gasteiger partial charge >= 0.3 is 0 Å². The summed E-state index contributed by atoms with van der Waals surface area (Å²) >= 11 is 0. The van der Waals surface area contributed by atoms with Gasteiger partial charge < -0.3 is 10.2 Å². The highest BCUT2D eigenvalue weighted by atomic mass is 19.1. The number of nitrogens with zero attached hydrogens (tertiary/aromatic N) is 2. The molecule has 2 aliphatic rings. The Morgan fingerprint density at radius 1 is 0.885 bits per heavy atom. The lowest BCUT2D eigenvalue weighted by Crippen LogP contribution is -2.48. The molecule has 0 aliphatic carbocycles. The lowest BCUT2D eigenvalue weighted by Gasteiger charge is -2.35. The minimum absolute atomic E-state index is 0.0320. The molecule has 2 saturated heterocycles. The maximum absolute atomic E-state index is 14.0. The Hall–Kier alpha value is -2.40. The second-order valence-electron chi connectivity index (χ2n) is 7.07. The Balaban J connectivity index is 1.35. The third-order valence-corrected chi connectivity index (χ3v) is 5.44. The number of nitrogens with one attached hydrogen (secondary N) is 1. The Bertz CT molecular complexity index is 759. The van der Waals surface area contributed by atoms with E-state index in [4.69, 9.17) is 0 Å². The standard InChI is InChI=1S/C21H24FN3O/c22-18-8-4-5-9-19(18)25-15-12-20(21(25)26)24-13-10-17(11-14-24)23-16-6-2-1-3-7-16/h1-9,17,20,23H,10-15H2. The molecule has 2 heterocycles. The van der Waals surface area contributed by atoms with Crippen LogP contribution in [0.2, 0.25) is 0 Å². The number of carbonyl (C=O) groups is 1. The lowest BCUT2D eigenvalue weighted by atomic mass is 10.0. The molecule has 4 rings (SSSR count). The zero-order valence-electron chi connectivity index (χ0n) is 14.8. The number of anilines is 2. The highest BCUT2D eigenvalue weighted by Gasteiger charge is 2.38. The van der Waals surface area contributed by atoms with E-state index in [0.717, 1.165) is 38.0 Å². The summed E-state index contributed by atoms with van der Waals surface area (Å²) in [5.41, 5.74) is 1.55. The molecule has 1 atom stereocenters. The van der Waals surface area contributed by atoms with Crippen LogP contribution in [0.5, 0.6) is 0 Å². The molecule has 0 radical (unpaired) electrons. The van der Waals surface area contributed by atoms with Gasteiger partial charge in [-0.1, -0.05) is 30.3 Å². The number of hydrogen-bond donors (Lipinski definition) is 1. The molecule has 136 valence electrons. The molecule has 2 aliphatic heterocycles. The molecule has 1 unspecified atom stereocenters. The van der Waals surface area contributed by atoms with E-state index in [9.17, 15) is 9.18 Å². The van der Waals surface area contributed by atoms with Crippen molar-refractivity contribution in [1.29, 1.82) is 0 Å². The van der Waals surface area contributed by atoms with Crippen molar-refractivity contribution in [3.05, 3.63) is 60.4 Å². The van der Waals surface area contributed by atoms with Crippen LogP contribution in [0.25, 0.3) is 0 Å². The molecule has 5 heteroatoms. The number of amides is 1. The molecule has 2 aromatic rings. The number of rotatable bonds is 4. The topological polar surface area (TPSA) is 35.6 Å². The molecule has 0 saturated carbocycles. The molecular formula is C21H24FN3O. The van der Waals surface area contributed by atoms with Gasteiger partial charge in [-0.05, 0) is 43.5 Å². The van der Waals surface area contributed by atoms with Crippen molar-refractivity contribution in [1.82, 2.24) is 4.90 Å². The van der Waals surface area contributed by atoms with Crippen LogP contribution in [0.15, 0.2) is 54.6 Å². The highest BCUT2D eigenvalue weighted by Crippen LogP contribution is 2.28. The second-order valence-corrected chi connectivity index (χ2v) is 7.07. The predicted octanol–water partition coefficient (Wildman–Crippen LogP) is 3.51. The van der Waals surface area contributed by atoms with Crippen LogP contribution in [0.4, 0.5) is 15.8 Å². The van der Waals surface area contributed by atoms with Gasteiger partial charge in [-0.3, -0.25) is 9.69 Å². The Morgan fingerprint density at radius 2 is 1.58 bits per heavy atom. The average Bonchev–Trinajstić information content (AvgIpc) is 3.05. The first-order valence-electron chi connectivity index (χ1n) is 9.34. The molecule has 1 amide bonds. The molecule has 1 N–H and O–H groups in total. The first kappa shape index (κ1) is 17.0. The molecule has 0 spiro atoms. The smallest absolute Gasteiger partial charge is 0.244 e. The van der Waals surface area contributed by atoms with Gasteiger partial charge in [-0.25, -0.2) is 4.39 Å². The fraction of sp³-hybridized carbons (Fsp3) is 0.381. The largest absolute Gasteiger partial charge is 0.382 e. The van der Waals surface area contributed by atoms with E-state index in [1.165, 1.54) is 6.07 Å². The number of likely N-dealkylation sites (tertiary alicyclic amines) is 1. The zero-order valence-corrected chi connectivity index (χ0v) is 14.8. The molecule has 0 aromatic heterocycles. The van der Waals surface area contributed by atoms with Crippen molar-refractivity contribution in [3.63, 3.8) is 0 Å². The summed E-state index contributed by atoms with van der Waals surface area (Å²) in [6, 6.07) is 17.1. The Labute approximate surface area is 153 Å². The maximum atomic E-state index is 14.0. The molecule has 26 heavy (non-hydrogen) atoms. The van der Waals surface area contributed by atoms with Gasteiger partial charge in [0.05, 0.1) is 11.7 Å². The first-order valence-corrected chi connectivity index (χ1v) is 9.34. The minimum atomic E-state index is -0.327. The third-order valence-electron chi connectivity index (χ3n) is 5.44. The van der Waals surface area contributed by atoms with E-state index in [1.54, 1.807) is 23.1 Å². The van der Waals surface area contributed by atoms with Crippen molar-refractivity contribution < 1.29 is 9.18 Å². The summed E-state index contributed by atoms with van der Waals surface area (Å²) in [6.07, 6.45) is 2.79.